The average molecular weight is 459 g/mol. The highest BCUT2D eigenvalue weighted by molar-refractivity contribution is 6.34. The van der Waals surface area contributed by atoms with Gasteiger partial charge in [-0.15, -0.1) is 0 Å². The van der Waals surface area contributed by atoms with Gasteiger partial charge in [0.2, 0.25) is 5.91 Å². The van der Waals surface area contributed by atoms with Crippen LogP contribution in [0.2, 0.25) is 10.0 Å². The molecule has 2 aromatic carbocycles. The van der Waals surface area contributed by atoms with E-state index in [2.05, 4.69) is 31.2 Å². The summed E-state index contributed by atoms with van der Waals surface area (Å²) in [7, 11) is 0. The van der Waals surface area contributed by atoms with Gasteiger partial charge in [0.25, 0.3) is 0 Å². The van der Waals surface area contributed by atoms with Crippen molar-refractivity contribution in [3.05, 3.63) is 64.1 Å². The third-order valence-corrected chi connectivity index (χ3v) is 8.28. The molecule has 2 saturated carbocycles. The first-order valence-electron chi connectivity index (χ1n) is 10.2. The van der Waals surface area contributed by atoms with E-state index in [-0.39, 0.29) is 22.3 Å². The summed E-state index contributed by atoms with van der Waals surface area (Å²) in [4.78, 5) is 31.3. The Morgan fingerprint density at radius 2 is 1.61 bits per heavy atom. The molecule has 0 aliphatic heterocycles. The SMILES string of the molecule is CC12CCC(C(=O)Nc3ccccc3Cl)(C/C1=N\OC(=O)c1ccccc1Cl)C2(C)C. The first-order chi connectivity index (χ1) is 14.6. The van der Waals surface area contributed by atoms with Crippen LogP contribution in [0.25, 0.3) is 0 Å². The second-order valence-corrected chi connectivity index (χ2v) is 9.86. The topological polar surface area (TPSA) is 67.8 Å². The molecule has 7 heteroatoms. The van der Waals surface area contributed by atoms with Gasteiger partial charge in [-0.05, 0) is 42.5 Å². The van der Waals surface area contributed by atoms with E-state index in [1.165, 1.54) is 0 Å². The van der Waals surface area contributed by atoms with E-state index < -0.39 is 11.4 Å². The number of hydrogen-bond acceptors (Lipinski definition) is 4. The quantitative estimate of drug-likeness (QED) is 0.427. The zero-order valence-electron chi connectivity index (χ0n) is 17.7. The van der Waals surface area contributed by atoms with E-state index in [0.717, 1.165) is 18.6 Å². The number of halogens is 2. The molecule has 162 valence electrons. The zero-order chi connectivity index (χ0) is 22.4. The van der Waals surface area contributed by atoms with Crippen molar-refractivity contribution in [3.63, 3.8) is 0 Å². The number of para-hydroxylation sites is 1. The number of carbonyl (C=O) groups is 2. The highest BCUT2D eigenvalue weighted by Gasteiger charge is 2.71. The Hall–Kier alpha value is -2.37. The fourth-order valence-electron chi connectivity index (χ4n) is 5.10. The van der Waals surface area contributed by atoms with Gasteiger partial charge in [0.15, 0.2) is 0 Å². The predicted octanol–water partition coefficient (Wildman–Crippen LogP) is 6.36. The molecule has 1 amide bonds. The van der Waals surface area contributed by atoms with E-state index in [4.69, 9.17) is 28.0 Å². The molecule has 4 rings (SSSR count). The third kappa shape index (κ3) is 3.26. The van der Waals surface area contributed by atoms with Crippen LogP contribution in [-0.4, -0.2) is 17.6 Å². The second-order valence-electron chi connectivity index (χ2n) is 9.05. The Balaban J connectivity index is 1.61. The molecule has 2 atom stereocenters. The lowest BCUT2D eigenvalue weighted by Crippen LogP contribution is -2.43. The number of carbonyl (C=O) groups excluding carboxylic acids is 2. The van der Waals surface area contributed by atoms with Gasteiger partial charge in [-0.25, -0.2) is 4.79 Å². The number of oxime groups is 1. The van der Waals surface area contributed by atoms with Gasteiger partial charge in [-0.3, -0.25) is 4.79 Å². The highest BCUT2D eigenvalue weighted by Crippen LogP contribution is 2.71. The van der Waals surface area contributed by atoms with Crippen LogP contribution in [0.15, 0.2) is 53.7 Å². The molecular formula is C24H24Cl2N2O3. The average Bonchev–Trinajstić information content (AvgIpc) is 3.04. The minimum Gasteiger partial charge on any atom is -0.324 e. The molecule has 0 radical (unpaired) electrons. The maximum absolute atomic E-state index is 13.5. The monoisotopic (exact) mass is 458 g/mol. The molecule has 0 spiro atoms. The van der Waals surface area contributed by atoms with Crippen LogP contribution >= 0.6 is 23.2 Å². The maximum Gasteiger partial charge on any atom is 0.367 e. The van der Waals surface area contributed by atoms with Gasteiger partial charge in [0.05, 0.1) is 32.4 Å². The molecule has 2 unspecified atom stereocenters. The van der Waals surface area contributed by atoms with Gasteiger partial charge in [0.1, 0.15) is 0 Å². The first kappa shape index (κ1) is 21.8. The molecule has 31 heavy (non-hydrogen) atoms. The Morgan fingerprint density at radius 1 is 0.968 bits per heavy atom. The Labute approximate surface area is 191 Å². The standard InChI is InChI=1S/C24H24Cl2N2O3/c1-22(2)23(3)12-13-24(22,21(30)27-18-11-7-6-10-17(18)26)14-19(23)28-31-20(29)15-8-4-5-9-16(15)25/h4-11H,12-14H2,1-3H3,(H,27,30)/b28-19+. The van der Waals surface area contributed by atoms with Crippen molar-refractivity contribution >= 4 is 46.5 Å². The largest absolute Gasteiger partial charge is 0.367 e. The van der Waals surface area contributed by atoms with Crippen LogP contribution in [0.4, 0.5) is 5.69 Å². The Morgan fingerprint density at radius 3 is 2.29 bits per heavy atom. The summed E-state index contributed by atoms with van der Waals surface area (Å²) in [6, 6.07) is 13.9. The van der Waals surface area contributed by atoms with Crippen molar-refractivity contribution in [1.82, 2.24) is 0 Å². The van der Waals surface area contributed by atoms with Gasteiger partial charge < -0.3 is 10.2 Å². The van der Waals surface area contributed by atoms with Crippen molar-refractivity contribution in [1.29, 1.82) is 0 Å². The number of nitrogens with zero attached hydrogens (tertiary/aromatic N) is 1. The van der Waals surface area contributed by atoms with Crippen LogP contribution in [-0.2, 0) is 9.63 Å². The molecule has 5 nitrogen and oxygen atoms in total. The number of anilines is 1. The van der Waals surface area contributed by atoms with Crippen LogP contribution in [0.5, 0.6) is 0 Å². The molecule has 2 aromatic rings. The summed E-state index contributed by atoms with van der Waals surface area (Å²) >= 11 is 12.3. The summed E-state index contributed by atoms with van der Waals surface area (Å²) in [6.07, 6.45) is 1.92. The zero-order valence-corrected chi connectivity index (χ0v) is 19.2. The van der Waals surface area contributed by atoms with Crippen LogP contribution in [0.3, 0.4) is 0 Å². The second kappa shape index (κ2) is 7.64. The van der Waals surface area contributed by atoms with Crippen molar-refractivity contribution in [2.75, 3.05) is 5.32 Å². The van der Waals surface area contributed by atoms with Gasteiger partial charge in [0, 0.05) is 11.8 Å². The molecule has 2 fully saturated rings. The lowest BCUT2D eigenvalue weighted by atomic mass is 9.64. The lowest BCUT2D eigenvalue weighted by molar-refractivity contribution is -0.130. The van der Waals surface area contributed by atoms with E-state index in [9.17, 15) is 9.59 Å². The molecule has 0 saturated heterocycles. The molecule has 1 N–H and O–H groups in total. The molecule has 0 aromatic heterocycles. The van der Waals surface area contributed by atoms with E-state index in [0.29, 0.717) is 22.2 Å². The molecule has 2 aliphatic carbocycles. The normalized spacial score (nSPS) is 27.3. The van der Waals surface area contributed by atoms with Crippen molar-refractivity contribution < 1.29 is 14.4 Å². The van der Waals surface area contributed by atoms with E-state index >= 15 is 0 Å². The minimum absolute atomic E-state index is 0.0862. The van der Waals surface area contributed by atoms with Crippen molar-refractivity contribution in [2.24, 2.45) is 21.4 Å². The smallest absolute Gasteiger partial charge is 0.324 e. The number of benzene rings is 2. The van der Waals surface area contributed by atoms with Crippen LogP contribution < -0.4 is 5.32 Å². The summed E-state index contributed by atoms with van der Waals surface area (Å²) in [5.74, 6) is -0.700. The number of amides is 1. The molecule has 2 aliphatic rings. The summed E-state index contributed by atoms with van der Waals surface area (Å²) in [5, 5.41) is 8.06. The van der Waals surface area contributed by atoms with E-state index in [1.807, 2.05) is 12.1 Å². The fourth-order valence-corrected chi connectivity index (χ4v) is 5.50. The minimum atomic E-state index is -0.670. The van der Waals surface area contributed by atoms with Gasteiger partial charge in [-0.2, -0.15) is 0 Å². The Bertz CT molecular complexity index is 1100. The van der Waals surface area contributed by atoms with Crippen LogP contribution in [0, 0.1) is 16.2 Å². The third-order valence-electron chi connectivity index (χ3n) is 7.62. The number of nitrogens with one attached hydrogen (secondary N) is 1. The lowest BCUT2D eigenvalue weighted by Gasteiger charge is -2.39. The number of rotatable bonds is 4. The molecular weight excluding hydrogens is 435 g/mol. The highest BCUT2D eigenvalue weighted by atomic mass is 35.5. The number of hydrogen-bond donors (Lipinski definition) is 1. The summed E-state index contributed by atoms with van der Waals surface area (Å²) in [6.45, 7) is 6.27. The molecule has 0 heterocycles. The predicted molar refractivity (Wildman–Crippen MR) is 123 cm³/mol. The first-order valence-corrected chi connectivity index (χ1v) is 11.0. The number of fused-ring (bicyclic) bond motifs is 2. The maximum atomic E-state index is 13.5. The summed E-state index contributed by atoms with van der Waals surface area (Å²) < 4.78 is 0. The molecule has 2 bridgehead atoms. The Kier molecular flexibility index (Phi) is 5.39. The van der Waals surface area contributed by atoms with Crippen molar-refractivity contribution in [3.8, 4) is 0 Å². The fraction of sp³-hybridized carbons (Fsp3) is 0.375. The van der Waals surface area contributed by atoms with Crippen LogP contribution in [0.1, 0.15) is 50.4 Å². The van der Waals surface area contributed by atoms with Crippen molar-refractivity contribution in [2.45, 2.75) is 40.0 Å². The van der Waals surface area contributed by atoms with E-state index in [1.54, 1.807) is 36.4 Å². The van der Waals surface area contributed by atoms with Gasteiger partial charge >= 0.3 is 5.97 Å². The summed E-state index contributed by atoms with van der Waals surface area (Å²) in [5.41, 5.74) is 0.137. The van der Waals surface area contributed by atoms with Gasteiger partial charge in [-0.1, -0.05) is 73.4 Å².